The van der Waals surface area contributed by atoms with Crippen molar-refractivity contribution in [2.24, 2.45) is 0 Å². The van der Waals surface area contributed by atoms with Crippen LogP contribution in [0.5, 0.6) is 0 Å². The molecule has 4 nitrogen and oxygen atoms in total. The van der Waals surface area contributed by atoms with Gasteiger partial charge in [0.2, 0.25) is 0 Å². The van der Waals surface area contributed by atoms with Crippen molar-refractivity contribution in [3.8, 4) is 0 Å². The van der Waals surface area contributed by atoms with E-state index >= 15 is 0 Å². The van der Waals surface area contributed by atoms with Gasteiger partial charge in [0, 0.05) is 22.1 Å². The topological polar surface area (TPSA) is 57.4 Å². The van der Waals surface area contributed by atoms with Crippen LogP contribution in [-0.2, 0) is 0 Å². The Hall–Kier alpha value is -3.60. The van der Waals surface area contributed by atoms with E-state index in [2.05, 4.69) is 44.2 Å². The van der Waals surface area contributed by atoms with Crippen molar-refractivity contribution in [2.75, 3.05) is 0 Å². The summed E-state index contributed by atoms with van der Waals surface area (Å²) in [6.07, 6.45) is 8.09. The molecule has 0 saturated carbocycles. The van der Waals surface area contributed by atoms with Crippen LogP contribution in [0.3, 0.4) is 0 Å². The van der Waals surface area contributed by atoms with Crippen LogP contribution in [0.25, 0.3) is 46.4 Å². The minimum atomic E-state index is 0.606. The summed E-state index contributed by atoms with van der Waals surface area (Å²) in [5.74, 6) is 0. The largest absolute Gasteiger partial charge is 0.355 e. The highest BCUT2D eigenvalue weighted by Crippen LogP contribution is 2.19. The Balaban J connectivity index is 0.000000230. The fourth-order valence-electron chi connectivity index (χ4n) is 3.38. The summed E-state index contributed by atoms with van der Waals surface area (Å²) in [7, 11) is 0. The van der Waals surface area contributed by atoms with Crippen molar-refractivity contribution in [2.45, 2.75) is 0 Å². The smallest absolute Gasteiger partial charge is 0.0658 e. The molecule has 4 aromatic rings. The zero-order chi connectivity index (χ0) is 21.9. The molecule has 3 aromatic heterocycles. The molecule has 1 aromatic carbocycles. The lowest BCUT2D eigenvalue weighted by Crippen LogP contribution is -1.75. The Morgan fingerprint density at radius 2 is 0.781 bits per heavy atom. The van der Waals surface area contributed by atoms with Gasteiger partial charge in [0.1, 0.15) is 0 Å². The quantitative estimate of drug-likeness (QED) is 0.246. The van der Waals surface area contributed by atoms with Crippen LogP contribution < -0.4 is 0 Å². The van der Waals surface area contributed by atoms with Crippen molar-refractivity contribution < 1.29 is 0 Å². The van der Waals surface area contributed by atoms with Crippen LogP contribution in [0, 0.1) is 0 Å². The van der Waals surface area contributed by atoms with Gasteiger partial charge in [-0.25, -0.2) is 9.97 Å². The zero-order valence-electron chi connectivity index (χ0n) is 16.9. The maximum Gasteiger partial charge on any atom is 0.0658 e. The first-order chi connectivity index (χ1) is 15.6. The number of halogens is 2. The van der Waals surface area contributed by atoms with Gasteiger partial charge in [0.05, 0.1) is 32.8 Å². The third kappa shape index (κ3) is 4.83. The highest BCUT2D eigenvalue weighted by atomic mass is 35.5. The van der Waals surface area contributed by atoms with E-state index in [1.165, 1.54) is 0 Å². The number of nitrogens with one attached hydrogen (secondary N) is 2. The number of benzene rings is 1. The minimum absolute atomic E-state index is 0.606. The molecule has 0 atom stereocenters. The normalized spacial score (nSPS) is 11.8. The number of hydrogen-bond acceptors (Lipinski definition) is 2. The molecule has 32 heavy (non-hydrogen) atoms. The predicted molar refractivity (Wildman–Crippen MR) is 135 cm³/mol. The molecule has 2 aliphatic rings. The Morgan fingerprint density at radius 3 is 1.06 bits per heavy atom. The first kappa shape index (κ1) is 20.3. The van der Waals surface area contributed by atoms with E-state index in [1.807, 2.05) is 60.7 Å². The molecule has 6 rings (SSSR count). The Morgan fingerprint density at radius 1 is 0.469 bits per heavy atom. The third-order valence-corrected chi connectivity index (χ3v) is 5.62. The maximum atomic E-state index is 5.58. The van der Waals surface area contributed by atoms with E-state index in [0.29, 0.717) is 10.0 Å². The SMILES string of the molecule is C1=Cc2cc3ccc(cc4nc(cc5ccc(cc1n2)[nH]5)C=C4)[nH]3.Clc1ccccc1Cl. The lowest BCUT2D eigenvalue weighted by atomic mass is 10.3. The van der Waals surface area contributed by atoms with Gasteiger partial charge in [0.15, 0.2) is 0 Å². The summed E-state index contributed by atoms with van der Waals surface area (Å²) in [6.45, 7) is 0. The molecular formula is C26H18Cl2N4. The van der Waals surface area contributed by atoms with Gasteiger partial charge in [-0.05, 0) is 85.0 Å². The summed E-state index contributed by atoms with van der Waals surface area (Å²) in [5, 5.41) is 1.21. The van der Waals surface area contributed by atoms with Crippen LogP contribution in [0.1, 0.15) is 22.8 Å². The number of H-pyrrole nitrogens is 2. The molecular weight excluding hydrogens is 439 g/mol. The predicted octanol–water partition coefficient (Wildman–Crippen LogP) is 7.65. The molecule has 0 fully saturated rings. The Labute approximate surface area is 194 Å². The second kappa shape index (κ2) is 8.87. The lowest BCUT2D eigenvalue weighted by molar-refractivity contribution is 1.31. The molecule has 156 valence electrons. The molecule has 0 aliphatic carbocycles. The van der Waals surface area contributed by atoms with E-state index in [4.69, 9.17) is 23.2 Å². The van der Waals surface area contributed by atoms with Crippen molar-refractivity contribution >= 4 is 69.6 Å². The molecule has 0 spiro atoms. The molecule has 0 radical (unpaired) electrons. The average Bonchev–Trinajstić information content (AvgIpc) is 3.57. The lowest BCUT2D eigenvalue weighted by Gasteiger charge is -1.88. The second-order valence-corrected chi connectivity index (χ2v) is 8.13. The van der Waals surface area contributed by atoms with Gasteiger partial charge in [-0.2, -0.15) is 0 Å². The summed E-state index contributed by atoms with van der Waals surface area (Å²) in [4.78, 5) is 16.0. The second-order valence-electron chi connectivity index (χ2n) is 7.32. The number of fused-ring (bicyclic) bond motifs is 8. The molecule has 6 heteroatoms. The maximum absolute atomic E-state index is 5.58. The van der Waals surface area contributed by atoms with E-state index < -0.39 is 0 Å². The molecule has 2 N–H and O–H groups in total. The number of hydrogen-bond donors (Lipinski definition) is 2. The summed E-state index contributed by atoms with van der Waals surface area (Å²) >= 11 is 11.2. The van der Waals surface area contributed by atoms with E-state index in [1.54, 1.807) is 12.1 Å². The van der Waals surface area contributed by atoms with E-state index in [0.717, 1.165) is 44.8 Å². The van der Waals surface area contributed by atoms with Gasteiger partial charge in [0.25, 0.3) is 0 Å². The number of aromatic amines is 2. The monoisotopic (exact) mass is 456 g/mol. The Bertz CT molecular complexity index is 1310. The van der Waals surface area contributed by atoms with Crippen LogP contribution in [0.15, 0.2) is 72.8 Å². The van der Waals surface area contributed by atoms with Gasteiger partial charge in [-0.3, -0.25) is 0 Å². The molecule has 0 unspecified atom stereocenters. The van der Waals surface area contributed by atoms with Crippen LogP contribution in [-0.4, -0.2) is 19.9 Å². The molecule has 8 bridgehead atoms. The molecule has 0 amide bonds. The standard InChI is InChI=1S/C20H14N4.C6H4Cl2/c1-2-14-10-16-5-6-18(23-16)12-20-8-7-19(24-20)11-17-4-3-15(22-17)9-13(1)21-14;7-5-3-1-2-4-6(5)8/h1-12,21,24H;1-4H. The highest BCUT2D eigenvalue weighted by molar-refractivity contribution is 6.41. The van der Waals surface area contributed by atoms with Crippen molar-refractivity contribution in [1.29, 1.82) is 0 Å². The van der Waals surface area contributed by atoms with Gasteiger partial charge in [-0.1, -0.05) is 35.3 Å². The average molecular weight is 457 g/mol. The van der Waals surface area contributed by atoms with Crippen LogP contribution in [0.4, 0.5) is 0 Å². The number of aromatic nitrogens is 4. The molecule has 2 aliphatic heterocycles. The fourth-order valence-corrected chi connectivity index (χ4v) is 3.65. The van der Waals surface area contributed by atoms with Gasteiger partial charge < -0.3 is 9.97 Å². The van der Waals surface area contributed by atoms with Crippen LogP contribution >= 0.6 is 23.2 Å². The van der Waals surface area contributed by atoms with Crippen molar-refractivity contribution in [3.63, 3.8) is 0 Å². The fraction of sp³-hybridized carbons (Fsp3) is 0. The summed E-state index contributed by atoms with van der Waals surface area (Å²) in [6, 6.07) is 23.6. The minimum Gasteiger partial charge on any atom is -0.355 e. The van der Waals surface area contributed by atoms with Gasteiger partial charge >= 0.3 is 0 Å². The molecule has 0 saturated heterocycles. The van der Waals surface area contributed by atoms with Crippen LogP contribution in [0.2, 0.25) is 10.0 Å². The van der Waals surface area contributed by atoms with Gasteiger partial charge in [-0.15, -0.1) is 0 Å². The summed E-state index contributed by atoms with van der Waals surface area (Å²) in [5.41, 5.74) is 7.86. The number of rotatable bonds is 0. The van der Waals surface area contributed by atoms with Crippen molar-refractivity contribution in [1.82, 2.24) is 19.9 Å². The Kier molecular flexibility index (Phi) is 5.63. The molecule has 5 heterocycles. The first-order valence-corrected chi connectivity index (χ1v) is 10.8. The number of nitrogens with zero attached hydrogens (tertiary/aromatic N) is 2. The summed E-state index contributed by atoms with van der Waals surface area (Å²) < 4.78 is 0. The third-order valence-electron chi connectivity index (χ3n) is 4.87. The van der Waals surface area contributed by atoms with E-state index in [-0.39, 0.29) is 0 Å². The van der Waals surface area contributed by atoms with Crippen molar-refractivity contribution in [3.05, 3.63) is 106 Å². The first-order valence-electron chi connectivity index (χ1n) is 10.1. The highest BCUT2D eigenvalue weighted by Gasteiger charge is 2.01. The van der Waals surface area contributed by atoms with E-state index in [9.17, 15) is 0 Å². The zero-order valence-corrected chi connectivity index (χ0v) is 18.4.